The molecule has 5 heteroatoms. The van der Waals surface area contributed by atoms with Gasteiger partial charge in [0.15, 0.2) is 0 Å². The molecule has 82 valence electrons. The Kier molecular flexibility index (Phi) is 3.91. The van der Waals surface area contributed by atoms with Crippen molar-refractivity contribution in [2.75, 3.05) is 12.3 Å². The van der Waals surface area contributed by atoms with Gasteiger partial charge < -0.3 is 10.5 Å². The molecule has 1 rings (SSSR count). The van der Waals surface area contributed by atoms with E-state index in [0.717, 1.165) is 6.07 Å². The molecular weight excluding hydrogens is 221 g/mol. The third-order valence-electron chi connectivity index (χ3n) is 1.81. The zero-order chi connectivity index (χ0) is 11.4. The molecule has 0 aliphatic heterocycles. The van der Waals surface area contributed by atoms with E-state index in [9.17, 15) is 9.18 Å². The molecule has 0 aliphatic carbocycles. The highest BCUT2D eigenvalue weighted by Gasteiger charge is 2.11. The molecule has 0 unspecified atom stereocenters. The third-order valence-corrected chi connectivity index (χ3v) is 2.13. The van der Waals surface area contributed by atoms with Gasteiger partial charge in [0.2, 0.25) is 0 Å². The van der Waals surface area contributed by atoms with Crippen LogP contribution < -0.4 is 5.73 Å². The van der Waals surface area contributed by atoms with Crippen LogP contribution in [-0.2, 0) is 16.0 Å². The van der Waals surface area contributed by atoms with Gasteiger partial charge in [-0.05, 0) is 19.1 Å². The molecule has 0 bridgehead atoms. The fraction of sp³-hybridized carbons (Fsp3) is 0.300. The molecule has 0 spiro atoms. The number of halogens is 2. The Labute approximate surface area is 92.0 Å². The smallest absolute Gasteiger partial charge is 0.310 e. The lowest BCUT2D eigenvalue weighted by molar-refractivity contribution is -0.142. The van der Waals surface area contributed by atoms with Gasteiger partial charge in [0.1, 0.15) is 5.82 Å². The molecule has 2 N–H and O–H groups in total. The lowest BCUT2D eigenvalue weighted by Gasteiger charge is -2.05. The molecule has 0 aliphatic rings. The summed E-state index contributed by atoms with van der Waals surface area (Å²) < 4.78 is 18.0. The monoisotopic (exact) mass is 231 g/mol. The average molecular weight is 232 g/mol. The number of anilines is 1. The molecule has 0 saturated carbocycles. The fourth-order valence-corrected chi connectivity index (χ4v) is 1.27. The van der Waals surface area contributed by atoms with Crippen molar-refractivity contribution >= 4 is 23.3 Å². The van der Waals surface area contributed by atoms with Gasteiger partial charge in [-0.3, -0.25) is 4.79 Å². The van der Waals surface area contributed by atoms with Crippen LogP contribution in [0.5, 0.6) is 0 Å². The van der Waals surface area contributed by atoms with Gasteiger partial charge in [-0.1, -0.05) is 11.6 Å². The van der Waals surface area contributed by atoms with E-state index in [1.165, 1.54) is 6.07 Å². The molecule has 0 heterocycles. The average Bonchev–Trinajstić information content (AvgIpc) is 2.14. The second-order valence-corrected chi connectivity index (χ2v) is 3.35. The molecule has 1 aromatic carbocycles. The van der Waals surface area contributed by atoms with Gasteiger partial charge in [-0.15, -0.1) is 0 Å². The van der Waals surface area contributed by atoms with E-state index in [-0.39, 0.29) is 29.3 Å². The first-order chi connectivity index (χ1) is 7.04. The van der Waals surface area contributed by atoms with Gasteiger partial charge in [-0.2, -0.15) is 0 Å². The Morgan fingerprint density at radius 2 is 2.27 bits per heavy atom. The Morgan fingerprint density at radius 3 is 2.87 bits per heavy atom. The van der Waals surface area contributed by atoms with Gasteiger partial charge in [0.25, 0.3) is 0 Å². The van der Waals surface area contributed by atoms with Crippen LogP contribution in [0.4, 0.5) is 10.1 Å². The van der Waals surface area contributed by atoms with Crippen molar-refractivity contribution in [1.29, 1.82) is 0 Å². The molecule has 0 fully saturated rings. The zero-order valence-corrected chi connectivity index (χ0v) is 8.97. The van der Waals surface area contributed by atoms with Crippen molar-refractivity contribution in [1.82, 2.24) is 0 Å². The first kappa shape index (κ1) is 11.8. The van der Waals surface area contributed by atoms with E-state index >= 15 is 0 Å². The Morgan fingerprint density at radius 1 is 1.60 bits per heavy atom. The topological polar surface area (TPSA) is 52.3 Å². The maximum Gasteiger partial charge on any atom is 0.310 e. The first-order valence-corrected chi connectivity index (χ1v) is 4.81. The maximum absolute atomic E-state index is 13.3. The maximum atomic E-state index is 13.3. The van der Waals surface area contributed by atoms with Crippen molar-refractivity contribution < 1.29 is 13.9 Å². The molecule has 1 aromatic rings. The number of rotatable bonds is 3. The van der Waals surface area contributed by atoms with Crippen LogP contribution in [0.15, 0.2) is 12.1 Å². The van der Waals surface area contributed by atoms with Gasteiger partial charge in [0, 0.05) is 5.56 Å². The minimum absolute atomic E-state index is 0.138. The summed E-state index contributed by atoms with van der Waals surface area (Å²) in [5.74, 6) is -1.04. The zero-order valence-electron chi connectivity index (χ0n) is 8.22. The van der Waals surface area contributed by atoms with E-state index in [4.69, 9.17) is 22.1 Å². The number of esters is 1. The van der Waals surface area contributed by atoms with Crippen LogP contribution in [0.25, 0.3) is 0 Å². The minimum Gasteiger partial charge on any atom is -0.466 e. The molecule has 15 heavy (non-hydrogen) atoms. The standard InChI is InChI=1S/C10H11ClFNO2/c1-2-15-10(14)4-6-3-9(13)7(11)5-8(6)12/h3,5H,2,4,13H2,1H3. The molecular formula is C10H11ClFNO2. The van der Waals surface area contributed by atoms with Crippen molar-refractivity contribution in [2.24, 2.45) is 0 Å². The van der Waals surface area contributed by atoms with E-state index in [1.54, 1.807) is 6.92 Å². The summed E-state index contributed by atoms with van der Waals surface area (Å²) in [6.07, 6.45) is -0.138. The van der Waals surface area contributed by atoms with Gasteiger partial charge >= 0.3 is 5.97 Å². The summed E-state index contributed by atoms with van der Waals surface area (Å²) in [5, 5.41) is 0.139. The van der Waals surface area contributed by atoms with Crippen LogP contribution >= 0.6 is 11.6 Å². The quantitative estimate of drug-likeness (QED) is 0.641. The van der Waals surface area contributed by atoms with Crippen molar-refractivity contribution in [3.05, 3.63) is 28.5 Å². The third kappa shape index (κ3) is 3.09. The Hall–Kier alpha value is -1.29. The van der Waals surface area contributed by atoms with Crippen LogP contribution in [0.2, 0.25) is 5.02 Å². The SMILES string of the molecule is CCOC(=O)Cc1cc(N)c(Cl)cc1F. The summed E-state index contributed by atoms with van der Waals surface area (Å²) in [7, 11) is 0. The van der Waals surface area contributed by atoms with Crippen molar-refractivity contribution in [3.63, 3.8) is 0 Å². The number of nitrogen functional groups attached to an aromatic ring is 1. The normalized spacial score (nSPS) is 10.1. The molecule has 0 atom stereocenters. The number of hydrogen-bond donors (Lipinski definition) is 1. The van der Waals surface area contributed by atoms with Crippen LogP contribution in [-0.4, -0.2) is 12.6 Å². The van der Waals surface area contributed by atoms with E-state index in [1.807, 2.05) is 0 Å². The molecule has 0 amide bonds. The van der Waals surface area contributed by atoms with E-state index in [0.29, 0.717) is 0 Å². The summed E-state index contributed by atoms with van der Waals surface area (Å²) in [6.45, 7) is 1.95. The van der Waals surface area contributed by atoms with Crippen LogP contribution in [0, 0.1) is 5.82 Å². The predicted octanol–water partition coefficient (Wildman–Crippen LogP) is 2.17. The highest BCUT2D eigenvalue weighted by atomic mass is 35.5. The second kappa shape index (κ2) is 4.98. The Bertz CT molecular complexity index is 382. The highest BCUT2D eigenvalue weighted by Crippen LogP contribution is 2.23. The first-order valence-electron chi connectivity index (χ1n) is 4.43. The predicted molar refractivity (Wildman–Crippen MR) is 56.2 cm³/mol. The number of hydrogen-bond acceptors (Lipinski definition) is 3. The summed E-state index contributed by atoms with van der Waals surface area (Å²) in [6, 6.07) is 2.43. The van der Waals surface area contributed by atoms with Crippen molar-refractivity contribution in [3.8, 4) is 0 Å². The van der Waals surface area contributed by atoms with Crippen LogP contribution in [0.1, 0.15) is 12.5 Å². The number of ether oxygens (including phenoxy) is 1. The largest absolute Gasteiger partial charge is 0.466 e. The minimum atomic E-state index is -0.553. The molecule has 0 aromatic heterocycles. The van der Waals surface area contributed by atoms with E-state index in [2.05, 4.69) is 0 Å². The number of carbonyl (C=O) groups excluding carboxylic acids is 1. The summed E-state index contributed by atoms with van der Waals surface area (Å²) in [4.78, 5) is 11.1. The van der Waals surface area contributed by atoms with E-state index < -0.39 is 11.8 Å². The number of benzene rings is 1. The van der Waals surface area contributed by atoms with Crippen LogP contribution in [0.3, 0.4) is 0 Å². The Balaban J connectivity index is 2.86. The fourth-order valence-electron chi connectivity index (χ4n) is 1.12. The highest BCUT2D eigenvalue weighted by molar-refractivity contribution is 6.33. The van der Waals surface area contributed by atoms with Crippen molar-refractivity contribution in [2.45, 2.75) is 13.3 Å². The summed E-state index contributed by atoms with van der Waals surface area (Å²) >= 11 is 5.60. The number of carbonyl (C=O) groups is 1. The molecule has 0 radical (unpaired) electrons. The molecule has 0 saturated heterocycles. The lowest BCUT2D eigenvalue weighted by Crippen LogP contribution is -2.09. The second-order valence-electron chi connectivity index (χ2n) is 2.95. The number of nitrogens with two attached hydrogens (primary N) is 1. The van der Waals surface area contributed by atoms with Gasteiger partial charge in [0.05, 0.1) is 23.7 Å². The van der Waals surface area contributed by atoms with Gasteiger partial charge in [-0.25, -0.2) is 4.39 Å². The molecule has 3 nitrogen and oxygen atoms in total. The lowest BCUT2D eigenvalue weighted by atomic mass is 10.1. The summed E-state index contributed by atoms with van der Waals surface area (Å²) in [5.41, 5.74) is 5.93.